The third-order valence-electron chi connectivity index (χ3n) is 5.99. The second-order valence-corrected chi connectivity index (χ2v) is 8.17. The first-order chi connectivity index (χ1) is 13.6. The minimum Gasteiger partial charge on any atom is -0.497 e. The molecule has 0 amide bonds. The van der Waals surface area contributed by atoms with E-state index in [2.05, 4.69) is 64.7 Å². The average molecular weight is 385 g/mol. The van der Waals surface area contributed by atoms with Crippen molar-refractivity contribution in [2.24, 2.45) is 5.92 Å². The van der Waals surface area contributed by atoms with Crippen LogP contribution in [0.3, 0.4) is 0 Å². The van der Waals surface area contributed by atoms with Crippen LogP contribution in [0.5, 0.6) is 5.75 Å². The smallest absolute Gasteiger partial charge is 0.118 e. The van der Waals surface area contributed by atoms with Crippen molar-refractivity contribution in [3.8, 4) is 5.75 Å². The molecule has 0 radical (unpaired) electrons. The highest BCUT2D eigenvalue weighted by Gasteiger charge is 2.21. The van der Waals surface area contributed by atoms with Crippen molar-refractivity contribution in [3.63, 3.8) is 0 Å². The Morgan fingerprint density at radius 1 is 1.25 bits per heavy atom. The van der Waals surface area contributed by atoms with Gasteiger partial charge in [-0.1, -0.05) is 12.1 Å². The van der Waals surface area contributed by atoms with Gasteiger partial charge in [0.2, 0.25) is 0 Å². The molecule has 5 nitrogen and oxygen atoms in total. The largest absolute Gasteiger partial charge is 0.497 e. The quantitative estimate of drug-likeness (QED) is 0.661. The molecule has 1 aliphatic heterocycles. The van der Waals surface area contributed by atoms with E-state index in [-0.39, 0.29) is 0 Å². The lowest BCUT2D eigenvalue weighted by Crippen LogP contribution is -2.40. The molecule has 0 bridgehead atoms. The third kappa shape index (κ3) is 5.58. The maximum absolute atomic E-state index is 5.25. The Balaban J connectivity index is 1.45. The second-order valence-electron chi connectivity index (χ2n) is 8.17. The molecule has 3 rings (SSSR count). The van der Waals surface area contributed by atoms with E-state index in [4.69, 9.17) is 4.74 Å². The van der Waals surface area contributed by atoms with Gasteiger partial charge in [0, 0.05) is 44.0 Å². The second kappa shape index (κ2) is 10.1. The SMILES string of the molecule is CCn1ncc(CN(C)CC2CCCN(CCc3ccc(OC)cc3)C2)c1C. The van der Waals surface area contributed by atoms with E-state index in [0.717, 1.165) is 44.3 Å². The molecule has 1 aliphatic rings. The van der Waals surface area contributed by atoms with Gasteiger partial charge in [0.25, 0.3) is 0 Å². The van der Waals surface area contributed by atoms with Gasteiger partial charge in [-0.15, -0.1) is 0 Å². The van der Waals surface area contributed by atoms with Gasteiger partial charge >= 0.3 is 0 Å². The summed E-state index contributed by atoms with van der Waals surface area (Å²) in [6, 6.07) is 8.50. The summed E-state index contributed by atoms with van der Waals surface area (Å²) in [5, 5.41) is 4.48. The van der Waals surface area contributed by atoms with Crippen LogP contribution < -0.4 is 4.74 Å². The van der Waals surface area contributed by atoms with E-state index in [1.165, 1.54) is 42.8 Å². The Labute approximate surface area is 170 Å². The molecule has 2 heterocycles. The van der Waals surface area contributed by atoms with Crippen molar-refractivity contribution >= 4 is 0 Å². The molecular weight excluding hydrogens is 348 g/mol. The zero-order valence-electron chi connectivity index (χ0n) is 18.0. The number of likely N-dealkylation sites (tertiary alicyclic amines) is 1. The Morgan fingerprint density at radius 2 is 2.04 bits per heavy atom. The van der Waals surface area contributed by atoms with E-state index in [1.54, 1.807) is 7.11 Å². The van der Waals surface area contributed by atoms with Crippen LogP contribution in [-0.4, -0.2) is 59.9 Å². The van der Waals surface area contributed by atoms with E-state index < -0.39 is 0 Å². The van der Waals surface area contributed by atoms with Crippen molar-refractivity contribution in [2.75, 3.05) is 40.3 Å². The van der Waals surface area contributed by atoms with Gasteiger partial charge in [-0.2, -0.15) is 5.10 Å². The lowest BCUT2D eigenvalue weighted by Gasteiger charge is -2.34. The first kappa shape index (κ1) is 20.9. The number of aryl methyl sites for hydroxylation is 1. The summed E-state index contributed by atoms with van der Waals surface area (Å²) in [6.45, 7) is 11.0. The van der Waals surface area contributed by atoms with E-state index in [1.807, 2.05) is 6.20 Å². The molecule has 28 heavy (non-hydrogen) atoms. The standard InChI is InChI=1S/C23H36N4O/c1-5-27-19(2)22(15-24-27)18-25(3)16-21-7-6-13-26(17-21)14-12-20-8-10-23(28-4)11-9-20/h8-11,15,21H,5-7,12-14,16-18H2,1-4H3. The predicted octanol–water partition coefficient (Wildman–Crippen LogP) is 3.61. The normalized spacial score (nSPS) is 18.0. The number of rotatable bonds is 9. The van der Waals surface area contributed by atoms with Gasteiger partial charge in [-0.3, -0.25) is 4.68 Å². The fourth-order valence-corrected chi connectivity index (χ4v) is 4.34. The molecule has 0 spiro atoms. The van der Waals surface area contributed by atoms with Crippen molar-refractivity contribution in [2.45, 2.75) is 46.2 Å². The molecule has 0 aliphatic carbocycles. The molecule has 5 heteroatoms. The molecule has 1 atom stereocenters. The highest BCUT2D eigenvalue weighted by Crippen LogP contribution is 2.20. The van der Waals surface area contributed by atoms with E-state index in [9.17, 15) is 0 Å². The topological polar surface area (TPSA) is 33.5 Å². The average Bonchev–Trinajstić information content (AvgIpc) is 3.06. The van der Waals surface area contributed by atoms with Crippen LogP contribution >= 0.6 is 0 Å². The molecule has 154 valence electrons. The number of hydrogen-bond acceptors (Lipinski definition) is 4. The van der Waals surface area contributed by atoms with Crippen molar-refractivity contribution in [3.05, 3.63) is 47.3 Å². The fourth-order valence-electron chi connectivity index (χ4n) is 4.34. The van der Waals surface area contributed by atoms with Crippen LogP contribution in [0.2, 0.25) is 0 Å². The Morgan fingerprint density at radius 3 is 2.71 bits per heavy atom. The number of methoxy groups -OCH3 is 1. The van der Waals surface area contributed by atoms with Gasteiger partial charge in [0.05, 0.1) is 13.3 Å². The first-order valence-corrected chi connectivity index (χ1v) is 10.6. The van der Waals surface area contributed by atoms with Crippen LogP contribution in [0, 0.1) is 12.8 Å². The maximum Gasteiger partial charge on any atom is 0.118 e. The van der Waals surface area contributed by atoms with E-state index >= 15 is 0 Å². The minimum absolute atomic E-state index is 0.760. The summed E-state index contributed by atoms with van der Waals surface area (Å²) in [7, 11) is 3.97. The van der Waals surface area contributed by atoms with Gasteiger partial charge in [0.15, 0.2) is 0 Å². The summed E-state index contributed by atoms with van der Waals surface area (Å²) in [5.41, 5.74) is 4.05. The van der Waals surface area contributed by atoms with E-state index in [0.29, 0.717) is 0 Å². The molecule has 2 aromatic rings. The van der Waals surface area contributed by atoms with Crippen molar-refractivity contribution < 1.29 is 4.74 Å². The molecule has 0 saturated carbocycles. The van der Waals surface area contributed by atoms with Crippen molar-refractivity contribution in [1.82, 2.24) is 19.6 Å². The van der Waals surface area contributed by atoms with Gasteiger partial charge < -0.3 is 14.5 Å². The number of hydrogen-bond donors (Lipinski definition) is 0. The minimum atomic E-state index is 0.760. The van der Waals surface area contributed by atoms with Crippen LogP contribution in [0.1, 0.15) is 36.6 Å². The zero-order chi connectivity index (χ0) is 19.9. The van der Waals surface area contributed by atoms with Crippen LogP contribution in [0.25, 0.3) is 0 Å². The summed E-state index contributed by atoms with van der Waals surface area (Å²) < 4.78 is 7.34. The van der Waals surface area contributed by atoms with Crippen LogP contribution in [0.15, 0.2) is 30.5 Å². The van der Waals surface area contributed by atoms with Crippen molar-refractivity contribution in [1.29, 1.82) is 0 Å². The number of nitrogens with zero attached hydrogens (tertiary/aromatic N) is 4. The van der Waals surface area contributed by atoms with Gasteiger partial charge in [0.1, 0.15) is 5.75 Å². The molecule has 0 N–H and O–H groups in total. The maximum atomic E-state index is 5.25. The third-order valence-corrected chi connectivity index (χ3v) is 5.99. The summed E-state index contributed by atoms with van der Waals surface area (Å²) in [4.78, 5) is 5.12. The molecule has 1 saturated heterocycles. The summed E-state index contributed by atoms with van der Waals surface area (Å²) in [5.74, 6) is 1.70. The Bertz CT molecular complexity index is 725. The number of piperidine rings is 1. The molecule has 1 fully saturated rings. The van der Waals surface area contributed by atoms with Gasteiger partial charge in [-0.25, -0.2) is 0 Å². The monoisotopic (exact) mass is 384 g/mol. The highest BCUT2D eigenvalue weighted by atomic mass is 16.5. The Hall–Kier alpha value is -1.85. The summed E-state index contributed by atoms with van der Waals surface area (Å²) in [6.07, 6.45) is 5.81. The van der Waals surface area contributed by atoms with Crippen LogP contribution in [-0.2, 0) is 19.5 Å². The number of aromatic nitrogens is 2. The number of ether oxygens (including phenoxy) is 1. The Kier molecular flexibility index (Phi) is 7.51. The molecule has 1 aromatic carbocycles. The fraction of sp³-hybridized carbons (Fsp3) is 0.609. The molecule has 1 unspecified atom stereocenters. The first-order valence-electron chi connectivity index (χ1n) is 10.6. The van der Waals surface area contributed by atoms with Gasteiger partial charge in [-0.05, 0) is 70.3 Å². The lowest BCUT2D eigenvalue weighted by molar-refractivity contribution is 0.142. The predicted molar refractivity (Wildman–Crippen MR) is 115 cm³/mol. The zero-order valence-corrected chi connectivity index (χ0v) is 18.0. The number of benzene rings is 1. The highest BCUT2D eigenvalue weighted by molar-refractivity contribution is 5.27. The molecular formula is C23H36N4O. The summed E-state index contributed by atoms with van der Waals surface area (Å²) >= 11 is 0. The molecule has 1 aromatic heterocycles. The lowest BCUT2D eigenvalue weighted by atomic mass is 9.97. The van der Waals surface area contributed by atoms with Crippen LogP contribution in [0.4, 0.5) is 0 Å².